The van der Waals surface area contributed by atoms with Crippen molar-refractivity contribution in [2.24, 2.45) is 5.41 Å². The van der Waals surface area contributed by atoms with E-state index in [1.165, 1.54) is 17.3 Å². The molecular formula is C18H18Cl2N4O2. The molecule has 1 aromatic carbocycles. The molecule has 0 amide bonds. The minimum Gasteiger partial charge on any atom is -0.460 e. The second-order valence-electron chi connectivity index (χ2n) is 6.54. The number of hydrogen-bond acceptors (Lipinski definition) is 4. The predicted octanol–water partition coefficient (Wildman–Crippen LogP) is 4.33. The molecule has 6 nitrogen and oxygen atoms in total. The number of nitrogens with one attached hydrogen (secondary N) is 1. The van der Waals surface area contributed by atoms with Gasteiger partial charge in [-0.25, -0.2) is 9.67 Å². The molecule has 136 valence electrons. The Kier molecular flexibility index (Phi) is 5.34. The molecule has 8 heteroatoms. The van der Waals surface area contributed by atoms with Crippen LogP contribution in [-0.4, -0.2) is 25.5 Å². The molecule has 1 atom stereocenters. The number of aromatic nitrogens is 4. The molecule has 0 saturated carbocycles. The number of ether oxygens (including phenoxy) is 1. The maximum Gasteiger partial charge on any atom is 0.252 e. The molecule has 0 aliphatic carbocycles. The summed E-state index contributed by atoms with van der Waals surface area (Å²) >= 11 is 12.1. The first-order valence-corrected chi connectivity index (χ1v) is 8.75. The van der Waals surface area contributed by atoms with E-state index < -0.39 is 11.6 Å². The average molecular weight is 393 g/mol. The molecule has 0 saturated heterocycles. The zero-order chi connectivity index (χ0) is 18.7. The molecule has 26 heavy (non-hydrogen) atoms. The van der Waals surface area contributed by atoms with Crippen molar-refractivity contribution in [3.05, 3.63) is 64.9 Å². The highest BCUT2D eigenvalue weighted by Gasteiger charge is 2.37. The smallest absolute Gasteiger partial charge is 0.252 e. The number of carbonyl (C=O) groups excluding carboxylic acids is 1. The van der Waals surface area contributed by atoms with E-state index in [9.17, 15) is 4.79 Å². The van der Waals surface area contributed by atoms with Gasteiger partial charge in [-0.1, -0.05) is 37.0 Å². The highest BCUT2D eigenvalue weighted by atomic mass is 35.5. The van der Waals surface area contributed by atoms with Crippen LogP contribution in [0.3, 0.4) is 0 Å². The van der Waals surface area contributed by atoms with Crippen LogP contribution in [0.4, 0.5) is 0 Å². The third-order valence-electron chi connectivity index (χ3n) is 4.00. The van der Waals surface area contributed by atoms with Crippen LogP contribution < -0.4 is 4.74 Å². The predicted molar refractivity (Wildman–Crippen MR) is 99.4 cm³/mol. The van der Waals surface area contributed by atoms with Gasteiger partial charge in [0.05, 0.1) is 5.02 Å². The first-order valence-electron chi connectivity index (χ1n) is 7.99. The number of halogens is 2. The zero-order valence-corrected chi connectivity index (χ0v) is 15.8. The first-order chi connectivity index (χ1) is 12.4. The minimum absolute atomic E-state index is 0.149. The fourth-order valence-corrected chi connectivity index (χ4v) is 3.09. The number of ketones is 1. The van der Waals surface area contributed by atoms with E-state index in [0.717, 1.165) is 5.69 Å². The lowest BCUT2D eigenvalue weighted by Gasteiger charge is -2.28. The summed E-state index contributed by atoms with van der Waals surface area (Å²) in [6, 6.07) is 8.67. The SMILES string of the molecule is CC(C)(Cc1ccc[nH]1)C(=O)C(Oc1ccc(Cl)cc1Cl)n1cncn1. The van der Waals surface area contributed by atoms with Crippen LogP contribution in [0.1, 0.15) is 25.8 Å². The van der Waals surface area contributed by atoms with E-state index in [-0.39, 0.29) is 5.78 Å². The van der Waals surface area contributed by atoms with E-state index in [2.05, 4.69) is 15.1 Å². The molecule has 0 bridgehead atoms. The van der Waals surface area contributed by atoms with E-state index in [0.29, 0.717) is 22.2 Å². The summed E-state index contributed by atoms with van der Waals surface area (Å²) in [6.45, 7) is 3.74. The topological polar surface area (TPSA) is 72.8 Å². The standard InChI is InChI=1S/C18H18Cl2N4O2/c1-18(2,9-13-4-3-7-22-13)16(25)17(24-11-21-10-23-24)26-15-6-5-12(19)8-14(15)20/h3-8,10-11,17,22H,9H2,1-2H3. The van der Waals surface area contributed by atoms with Crippen molar-refractivity contribution in [1.82, 2.24) is 19.7 Å². The Morgan fingerprint density at radius 2 is 2.15 bits per heavy atom. The van der Waals surface area contributed by atoms with Crippen molar-refractivity contribution < 1.29 is 9.53 Å². The van der Waals surface area contributed by atoms with E-state index >= 15 is 0 Å². The average Bonchev–Trinajstić information content (AvgIpc) is 3.27. The lowest BCUT2D eigenvalue weighted by Crippen LogP contribution is -2.37. The van der Waals surface area contributed by atoms with Gasteiger partial charge in [0, 0.05) is 22.3 Å². The van der Waals surface area contributed by atoms with Gasteiger partial charge < -0.3 is 9.72 Å². The molecule has 3 rings (SSSR count). The van der Waals surface area contributed by atoms with Crippen LogP contribution in [0.25, 0.3) is 0 Å². The lowest BCUT2D eigenvalue weighted by atomic mass is 9.82. The Hall–Kier alpha value is -2.31. The molecule has 2 heterocycles. The van der Waals surface area contributed by atoms with E-state index in [4.69, 9.17) is 27.9 Å². The van der Waals surface area contributed by atoms with E-state index in [1.807, 2.05) is 32.2 Å². The Morgan fingerprint density at radius 3 is 2.77 bits per heavy atom. The van der Waals surface area contributed by atoms with Crippen molar-refractivity contribution in [3.8, 4) is 5.75 Å². The molecule has 0 fully saturated rings. The Morgan fingerprint density at radius 1 is 1.35 bits per heavy atom. The lowest BCUT2D eigenvalue weighted by molar-refractivity contribution is -0.139. The monoisotopic (exact) mass is 392 g/mol. The summed E-state index contributed by atoms with van der Waals surface area (Å²) in [5, 5.41) is 4.88. The number of rotatable bonds is 7. The molecule has 1 unspecified atom stereocenters. The number of hydrogen-bond donors (Lipinski definition) is 1. The molecule has 0 aliphatic rings. The number of benzene rings is 1. The molecular weight excluding hydrogens is 375 g/mol. The highest BCUT2D eigenvalue weighted by molar-refractivity contribution is 6.35. The van der Waals surface area contributed by atoms with Crippen molar-refractivity contribution in [2.75, 3.05) is 0 Å². The summed E-state index contributed by atoms with van der Waals surface area (Å²) in [7, 11) is 0. The second kappa shape index (κ2) is 7.51. The third-order valence-corrected chi connectivity index (χ3v) is 4.53. The number of Topliss-reactive ketones (excluding diaryl/α,β-unsaturated/α-hetero) is 1. The first kappa shape index (κ1) is 18.5. The summed E-state index contributed by atoms with van der Waals surface area (Å²) in [6.07, 6.45) is 4.15. The maximum absolute atomic E-state index is 13.3. The summed E-state index contributed by atoms with van der Waals surface area (Å²) in [5.41, 5.74) is 0.255. The number of H-pyrrole nitrogens is 1. The van der Waals surface area contributed by atoms with Crippen molar-refractivity contribution >= 4 is 29.0 Å². The maximum atomic E-state index is 13.3. The van der Waals surface area contributed by atoms with Crippen LogP contribution in [0.5, 0.6) is 5.75 Å². The van der Waals surface area contributed by atoms with Crippen molar-refractivity contribution in [2.45, 2.75) is 26.5 Å². The number of nitrogens with zero attached hydrogens (tertiary/aromatic N) is 3. The highest BCUT2D eigenvalue weighted by Crippen LogP contribution is 2.33. The largest absolute Gasteiger partial charge is 0.460 e. The fraction of sp³-hybridized carbons (Fsp3) is 0.278. The van der Waals surface area contributed by atoms with Gasteiger partial charge in [0.15, 0.2) is 0 Å². The fourth-order valence-electron chi connectivity index (χ4n) is 2.63. The summed E-state index contributed by atoms with van der Waals surface area (Å²) in [5.74, 6) is 0.198. The zero-order valence-electron chi connectivity index (χ0n) is 14.3. The number of carbonyl (C=O) groups is 1. The van der Waals surface area contributed by atoms with Crippen LogP contribution in [0.15, 0.2) is 49.2 Å². The van der Waals surface area contributed by atoms with Crippen LogP contribution in [0, 0.1) is 5.41 Å². The van der Waals surface area contributed by atoms with Crippen molar-refractivity contribution in [1.29, 1.82) is 0 Å². The quantitative estimate of drug-likeness (QED) is 0.649. The molecule has 0 radical (unpaired) electrons. The Labute approximate surface area is 161 Å². The van der Waals surface area contributed by atoms with Gasteiger partial charge in [0.1, 0.15) is 18.4 Å². The summed E-state index contributed by atoms with van der Waals surface area (Å²) < 4.78 is 7.30. The Balaban J connectivity index is 1.89. The van der Waals surface area contributed by atoms with Gasteiger partial charge in [-0.05, 0) is 36.8 Å². The van der Waals surface area contributed by atoms with Gasteiger partial charge in [-0.2, -0.15) is 5.10 Å². The van der Waals surface area contributed by atoms with Gasteiger partial charge >= 0.3 is 0 Å². The third kappa shape index (κ3) is 4.08. The Bertz CT molecular complexity index is 877. The van der Waals surface area contributed by atoms with Crippen LogP contribution in [0.2, 0.25) is 10.0 Å². The summed E-state index contributed by atoms with van der Waals surface area (Å²) in [4.78, 5) is 20.3. The second-order valence-corrected chi connectivity index (χ2v) is 7.38. The van der Waals surface area contributed by atoms with Gasteiger partial charge in [0.25, 0.3) is 6.23 Å². The van der Waals surface area contributed by atoms with Gasteiger partial charge in [0.2, 0.25) is 5.78 Å². The normalized spacial score (nSPS) is 12.8. The molecule has 0 spiro atoms. The van der Waals surface area contributed by atoms with Crippen molar-refractivity contribution in [3.63, 3.8) is 0 Å². The van der Waals surface area contributed by atoms with E-state index in [1.54, 1.807) is 18.2 Å². The van der Waals surface area contributed by atoms with Crippen LogP contribution >= 0.6 is 23.2 Å². The molecule has 1 N–H and O–H groups in total. The molecule has 0 aliphatic heterocycles. The van der Waals surface area contributed by atoms with Crippen LogP contribution in [-0.2, 0) is 11.2 Å². The van der Waals surface area contributed by atoms with Gasteiger partial charge in [-0.3, -0.25) is 4.79 Å². The molecule has 3 aromatic rings. The molecule has 2 aromatic heterocycles. The minimum atomic E-state index is -0.999. The van der Waals surface area contributed by atoms with Gasteiger partial charge in [-0.15, -0.1) is 0 Å². The number of aromatic amines is 1.